The summed E-state index contributed by atoms with van der Waals surface area (Å²) in [6, 6.07) is 29.2. The molecule has 3 heteroatoms. The van der Waals surface area contributed by atoms with Gasteiger partial charge in [0.1, 0.15) is 11.5 Å². The molecule has 8 saturated carbocycles. The van der Waals surface area contributed by atoms with Crippen LogP contribution in [0.25, 0.3) is 44.8 Å². The highest BCUT2D eigenvalue weighted by molar-refractivity contribution is 5.90. The lowest BCUT2D eigenvalue weighted by Crippen LogP contribution is -2.56. The average molecular weight is 852 g/mol. The standard InChI is InChI=1S/C61H73NO2/c1-36(2)42-14-16-44(48-18-38(5)20-50(54(48)63)60-28-40-24-56(7,32-60)30-57(8,25-40)33-60)46(22-42)52-12-11-13-53(62-52)47-23-43(37(3)4)15-17-45(47)49-19-39(6)21-51(55(49)64)61-29-41-26-58(9,34-61)31-59(10,27-41)35-61/h11-23,36-37,40-41,63-64H,24-35H2,1-10H3/t40?,41?,56-,57+,58-,59+,60?,61?. The minimum absolute atomic E-state index is 0.00856. The highest BCUT2D eigenvalue weighted by atomic mass is 16.3. The Balaban J connectivity index is 1.05. The van der Waals surface area contributed by atoms with Crippen molar-refractivity contribution in [2.24, 2.45) is 33.5 Å². The molecule has 8 aliphatic rings. The molecule has 8 aliphatic carbocycles. The summed E-state index contributed by atoms with van der Waals surface area (Å²) in [7, 11) is 0. The molecule has 0 radical (unpaired) electrons. The number of pyridine rings is 1. The second-order valence-corrected chi connectivity index (χ2v) is 25.6. The number of benzene rings is 4. The van der Waals surface area contributed by atoms with Gasteiger partial charge < -0.3 is 10.2 Å². The van der Waals surface area contributed by atoms with Crippen LogP contribution >= 0.6 is 0 Å². The molecule has 64 heavy (non-hydrogen) atoms. The topological polar surface area (TPSA) is 53.4 Å². The Morgan fingerprint density at radius 2 is 0.828 bits per heavy atom. The monoisotopic (exact) mass is 852 g/mol. The van der Waals surface area contributed by atoms with Crippen LogP contribution < -0.4 is 0 Å². The van der Waals surface area contributed by atoms with Crippen LogP contribution in [0.4, 0.5) is 0 Å². The maximum atomic E-state index is 12.7. The molecule has 0 amide bonds. The van der Waals surface area contributed by atoms with Crippen LogP contribution in [0, 0.1) is 47.3 Å². The van der Waals surface area contributed by atoms with Gasteiger partial charge in [0.05, 0.1) is 11.4 Å². The Bertz CT molecular complexity index is 2520. The first-order valence-electron chi connectivity index (χ1n) is 25.1. The molecule has 0 aliphatic heterocycles. The first kappa shape index (κ1) is 42.3. The van der Waals surface area contributed by atoms with Gasteiger partial charge in [0.25, 0.3) is 0 Å². The van der Waals surface area contributed by atoms with E-state index in [-0.39, 0.29) is 10.8 Å². The van der Waals surface area contributed by atoms with Crippen LogP contribution in [-0.4, -0.2) is 15.2 Å². The highest BCUT2D eigenvalue weighted by Gasteiger charge is 2.62. The number of aryl methyl sites for hydroxylation is 2. The fraction of sp³-hybridized carbons (Fsp3) is 0.525. The summed E-state index contributed by atoms with van der Waals surface area (Å²) in [6.07, 6.45) is 15.0. The fourth-order valence-corrected chi connectivity index (χ4v) is 17.7. The molecule has 0 saturated heterocycles. The molecule has 334 valence electrons. The first-order valence-corrected chi connectivity index (χ1v) is 25.1. The Morgan fingerprint density at radius 1 is 0.453 bits per heavy atom. The molecule has 3 nitrogen and oxygen atoms in total. The predicted molar refractivity (Wildman–Crippen MR) is 265 cm³/mol. The van der Waals surface area contributed by atoms with Gasteiger partial charge in [-0.2, -0.15) is 0 Å². The average Bonchev–Trinajstić information content (AvgIpc) is 3.19. The third-order valence-corrected chi connectivity index (χ3v) is 18.2. The van der Waals surface area contributed by atoms with Gasteiger partial charge in [-0.05, 0) is 206 Å². The predicted octanol–water partition coefficient (Wildman–Crippen LogP) is 16.5. The zero-order chi connectivity index (χ0) is 44.9. The molecule has 4 unspecified atom stereocenters. The van der Waals surface area contributed by atoms with E-state index < -0.39 is 0 Å². The van der Waals surface area contributed by atoms with Crippen LogP contribution in [0.15, 0.2) is 78.9 Å². The molecular formula is C61H73NO2. The number of aromatic nitrogens is 1. The summed E-state index contributed by atoms with van der Waals surface area (Å²) < 4.78 is 0. The third-order valence-electron chi connectivity index (χ3n) is 18.2. The molecule has 4 aromatic carbocycles. The Labute approximate surface area is 384 Å². The number of hydrogen-bond donors (Lipinski definition) is 2. The number of phenolic OH excluding ortho intramolecular Hbond substituents is 2. The van der Waals surface area contributed by atoms with E-state index in [4.69, 9.17) is 4.98 Å². The summed E-state index contributed by atoms with van der Waals surface area (Å²) in [5.41, 5.74) is 16.5. The smallest absolute Gasteiger partial charge is 0.127 e. The largest absolute Gasteiger partial charge is 0.507 e. The van der Waals surface area contributed by atoms with Crippen LogP contribution in [-0.2, 0) is 10.8 Å². The number of nitrogens with zero attached hydrogens (tertiary/aromatic N) is 1. The van der Waals surface area contributed by atoms with Crippen LogP contribution in [0.1, 0.15) is 178 Å². The summed E-state index contributed by atoms with van der Waals surface area (Å²) in [5, 5.41) is 25.5. The molecule has 8 atom stereocenters. The molecule has 13 rings (SSSR count). The molecule has 0 spiro atoms. The van der Waals surface area contributed by atoms with E-state index in [1.807, 2.05) is 0 Å². The van der Waals surface area contributed by atoms with E-state index in [2.05, 4.69) is 148 Å². The molecule has 1 aromatic heterocycles. The fourth-order valence-electron chi connectivity index (χ4n) is 17.7. The van der Waals surface area contributed by atoms with Gasteiger partial charge in [-0.15, -0.1) is 0 Å². The van der Waals surface area contributed by atoms with Crippen molar-refractivity contribution in [3.05, 3.63) is 112 Å². The van der Waals surface area contributed by atoms with E-state index in [1.165, 1.54) is 110 Å². The summed E-state index contributed by atoms with van der Waals surface area (Å²) in [5.74, 6) is 3.07. The number of phenols is 2. The molecular weight excluding hydrogens is 779 g/mol. The van der Waals surface area contributed by atoms with Gasteiger partial charge in [0.15, 0.2) is 0 Å². The van der Waals surface area contributed by atoms with Crippen molar-refractivity contribution >= 4 is 0 Å². The van der Waals surface area contributed by atoms with Gasteiger partial charge in [-0.25, -0.2) is 4.98 Å². The van der Waals surface area contributed by atoms with Crippen molar-refractivity contribution < 1.29 is 10.2 Å². The van der Waals surface area contributed by atoms with E-state index >= 15 is 0 Å². The summed E-state index contributed by atoms with van der Waals surface area (Å²) in [6.45, 7) is 23.6. The zero-order valence-corrected chi connectivity index (χ0v) is 40.6. The molecule has 5 aromatic rings. The van der Waals surface area contributed by atoms with Crippen LogP contribution in [0.3, 0.4) is 0 Å². The van der Waals surface area contributed by atoms with E-state index in [9.17, 15) is 10.2 Å². The van der Waals surface area contributed by atoms with E-state index in [1.54, 1.807) is 0 Å². The zero-order valence-electron chi connectivity index (χ0n) is 40.6. The molecule has 8 bridgehead atoms. The number of hydrogen-bond acceptors (Lipinski definition) is 3. The van der Waals surface area contributed by atoms with Gasteiger partial charge in [-0.1, -0.05) is 97.9 Å². The quantitative estimate of drug-likeness (QED) is 0.164. The Kier molecular flexibility index (Phi) is 9.30. The molecule has 8 fully saturated rings. The van der Waals surface area contributed by atoms with Gasteiger partial charge in [0.2, 0.25) is 0 Å². The van der Waals surface area contributed by atoms with Crippen molar-refractivity contribution in [2.45, 2.75) is 169 Å². The highest BCUT2D eigenvalue weighted by Crippen LogP contribution is 2.72. The van der Waals surface area contributed by atoms with E-state index in [0.29, 0.717) is 45.0 Å². The number of rotatable bonds is 8. The Morgan fingerprint density at radius 3 is 1.17 bits per heavy atom. The van der Waals surface area contributed by atoms with E-state index in [0.717, 1.165) is 56.6 Å². The van der Waals surface area contributed by atoms with Crippen LogP contribution in [0.2, 0.25) is 0 Å². The summed E-state index contributed by atoms with van der Waals surface area (Å²) >= 11 is 0. The van der Waals surface area contributed by atoms with Gasteiger partial charge >= 0.3 is 0 Å². The lowest BCUT2D eigenvalue weighted by Gasteiger charge is -2.65. The van der Waals surface area contributed by atoms with Crippen molar-refractivity contribution in [3.8, 4) is 56.3 Å². The van der Waals surface area contributed by atoms with Crippen molar-refractivity contribution in [1.82, 2.24) is 4.98 Å². The van der Waals surface area contributed by atoms with Crippen molar-refractivity contribution in [2.75, 3.05) is 0 Å². The normalized spacial score (nSPS) is 33.5. The van der Waals surface area contributed by atoms with Gasteiger partial charge in [0, 0.05) is 44.2 Å². The SMILES string of the molecule is Cc1cc(-c2ccc(C(C)C)cc2-c2cccc(-c3cc(C(C)C)ccc3-c3cc(C)cc(C45CC6C[C@@](C)(C4)C[C@](C)(C6)C5)c3O)n2)c(O)c(C23CC4C[C@@](C)(C2)C[C@](C)(C4)C3)c1. The minimum atomic E-state index is 0.00856. The molecule has 1 heterocycles. The van der Waals surface area contributed by atoms with Gasteiger partial charge in [-0.3, -0.25) is 0 Å². The lowest BCUT2D eigenvalue weighted by atomic mass is 9.39. The maximum Gasteiger partial charge on any atom is 0.127 e. The second-order valence-electron chi connectivity index (χ2n) is 25.6. The second kappa shape index (κ2) is 14.1. The van der Waals surface area contributed by atoms with Crippen molar-refractivity contribution in [3.63, 3.8) is 0 Å². The molecule has 2 N–H and O–H groups in total. The first-order chi connectivity index (χ1) is 30.2. The van der Waals surface area contributed by atoms with Crippen LogP contribution in [0.5, 0.6) is 11.5 Å². The minimum Gasteiger partial charge on any atom is -0.507 e. The number of aromatic hydroxyl groups is 2. The van der Waals surface area contributed by atoms with Crippen molar-refractivity contribution in [1.29, 1.82) is 0 Å². The summed E-state index contributed by atoms with van der Waals surface area (Å²) in [4.78, 5) is 5.62. The third kappa shape index (κ3) is 6.74. The maximum absolute atomic E-state index is 12.7. The Hall–Kier alpha value is -4.37. The lowest BCUT2D eigenvalue weighted by molar-refractivity contribution is -0.110.